The Labute approximate surface area is 156 Å². The molecular formula is C20H22F3N3O. The normalized spacial score (nSPS) is 16.3. The van der Waals surface area contributed by atoms with Gasteiger partial charge in [-0.25, -0.2) is 4.98 Å². The van der Waals surface area contributed by atoms with Crippen LogP contribution in [0.4, 0.5) is 19.0 Å². The number of aryl methyl sites for hydroxylation is 1. The van der Waals surface area contributed by atoms with Crippen LogP contribution in [-0.2, 0) is 17.5 Å². The van der Waals surface area contributed by atoms with E-state index in [2.05, 4.69) is 10.3 Å². The molecule has 144 valence electrons. The Balaban J connectivity index is 1.55. The molecule has 27 heavy (non-hydrogen) atoms. The fraction of sp³-hybridized carbons (Fsp3) is 0.400. The predicted octanol–water partition coefficient (Wildman–Crippen LogP) is 4.26. The van der Waals surface area contributed by atoms with Crippen molar-refractivity contribution < 1.29 is 18.0 Å². The zero-order chi connectivity index (χ0) is 19.4. The van der Waals surface area contributed by atoms with Gasteiger partial charge in [0.25, 0.3) is 0 Å². The summed E-state index contributed by atoms with van der Waals surface area (Å²) in [5.74, 6) is 0.288. The summed E-state index contributed by atoms with van der Waals surface area (Å²) in [4.78, 5) is 18.5. The van der Waals surface area contributed by atoms with Gasteiger partial charge in [-0.1, -0.05) is 24.3 Å². The van der Waals surface area contributed by atoms with Crippen molar-refractivity contribution in [2.24, 2.45) is 5.92 Å². The first-order valence-electron chi connectivity index (χ1n) is 8.94. The number of nitrogens with one attached hydrogen (secondary N) is 1. The van der Waals surface area contributed by atoms with Crippen LogP contribution in [0.1, 0.15) is 29.5 Å². The molecule has 0 bridgehead atoms. The van der Waals surface area contributed by atoms with Crippen LogP contribution in [0.5, 0.6) is 0 Å². The highest BCUT2D eigenvalue weighted by Gasteiger charge is 2.34. The van der Waals surface area contributed by atoms with Crippen molar-refractivity contribution in [3.8, 4) is 0 Å². The summed E-state index contributed by atoms with van der Waals surface area (Å²) < 4.78 is 39.4. The summed E-state index contributed by atoms with van der Waals surface area (Å²) in [7, 11) is 0. The number of aromatic nitrogens is 1. The third kappa shape index (κ3) is 5.07. The van der Waals surface area contributed by atoms with Gasteiger partial charge in [0.05, 0.1) is 5.56 Å². The van der Waals surface area contributed by atoms with E-state index in [1.165, 1.54) is 12.1 Å². The number of amides is 1. The summed E-state index contributed by atoms with van der Waals surface area (Å²) in [6.07, 6.45) is -1.43. The number of rotatable bonds is 4. The molecule has 0 radical (unpaired) electrons. The van der Waals surface area contributed by atoms with Crippen molar-refractivity contribution in [2.75, 3.05) is 18.4 Å². The van der Waals surface area contributed by atoms with Gasteiger partial charge in [-0.15, -0.1) is 0 Å². The maximum atomic E-state index is 13.1. The standard InChI is InChI=1S/C20H22F3N3O/c1-14-6-7-18(24-12-14)25-19(27)15-8-10-26(11-9-15)13-16-4-2-3-5-17(16)20(21,22)23/h2-7,12,15H,8-11,13H2,1H3,(H,24,25,27). The molecule has 2 aromatic rings. The molecule has 2 heterocycles. The van der Waals surface area contributed by atoms with Crippen LogP contribution >= 0.6 is 0 Å². The SMILES string of the molecule is Cc1ccc(NC(=O)C2CCN(Cc3ccccc3C(F)(F)F)CC2)nc1. The summed E-state index contributed by atoms with van der Waals surface area (Å²) in [6, 6.07) is 9.30. The Bertz CT molecular complexity index is 782. The fourth-order valence-corrected chi connectivity index (χ4v) is 3.30. The van der Waals surface area contributed by atoms with Crippen LogP contribution in [0.3, 0.4) is 0 Å². The number of pyridine rings is 1. The molecule has 1 aliphatic rings. The zero-order valence-electron chi connectivity index (χ0n) is 15.1. The molecule has 1 N–H and O–H groups in total. The van der Waals surface area contributed by atoms with Crippen LogP contribution in [-0.4, -0.2) is 28.9 Å². The first-order chi connectivity index (χ1) is 12.8. The Kier molecular flexibility index (Phi) is 5.79. The number of hydrogen-bond acceptors (Lipinski definition) is 3. The molecule has 4 nitrogen and oxygen atoms in total. The van der Waals surface area contributed by atoms with Crippen LogP contribution in [0.25, 0.3) is 0 Å². The number of piperidine rings is 1. The first-order valence-corrected chi connectivity index (χ1v) is 8.94. The molecule has 0 atom stereocenters. The highest BCUT2D eigenvalue weighted by molar-refractivity contribution is 5.91. The van der Waals surface area contributed by atoms with Crippen molar-refractivity contribution in [3.05, 3.63) is 59.3 Å². The highest BCUT2D eigenvalue weighted by atomic mass is 19.4. The Morgan fingerprint density at radius 1 is 1.19 bits per heavy atom. The van der Waals surface area contributed by atoms with Crippen LogP contribution in [0, 0.1) is 12.8 Å². The summed E-state index contributed by atoms with van der Waals surface area (Å²) in [5, 5.41) is 2.82. The lowest BCUT2D eigenvalue weighted by Crippen LogP contribution is -2.38. The number of carbonyl (C=O) groups is 1. The molecule has 0 aliphatic carbocycles. The van der Waals surface area contributed by atoms with Crippen LogP contribution in [0.15, 0.2) is 42.6 Å². The lowest BCUT2D eigenvalue weighted by atomic mass is 9.95. The van der Waals surface area contributed by atoms with E-state index in [0.29, 0.717) is 31.7 Å². The van der Waals surface area contributed by atoms with Gasteiger partial charge < -0.3 is 5.32 Å². The average Bonchev–Trinajstić information content (AvgIpc) is 2.64. The monoisotopic (exact) mass is 377 g/mol. The second-order valence-corrected chi connectivity index (χ2v) is 6.92. The maximum Gasteiger partial charge on any atom is 0.416 e. The molecule has 1 aliphatic heterocycles. The van der Waals surface area contributed by atoms with Crippen LogP contribution in [0.2, 0.25) is 0 Å². The second-order valence-electron chi connectivity index (χ2n) is 6.92. The number of benzene rings is 1. The number of alkyl halides is 3. The third-order valence-corrected chi connectivity index (χ3v) is 4.84. The summed E-state index contributed by atoms with van der Waals surface area (Å²) in [6.45, 7) is 3.34. The van der Waals surface area contributed by atoms with Gasteiger partial charge in [-0.2, -0.15) is 13.2 Å². The van der Waals surface area contributed by atoms with Crippen molar-refractivity contribution in [2.45, 2.75) is 32.5 Å². The number of halogens is 3. The third-order valence-electron chi connectivity index (χ3n) is 4.84. The number of carbonyl (C=O) groups excluding carboxylic acids is 1. The average molecular weight is 377 g/mol. The van der Waals surface area contributed by atoms with E-state index < -0.39 is 11.7 Å². The van der Waals surface area contributed by atoms with E-state index in [0.717, 1.165) is 11.6 Å². The van der Waals surface area contributed by atoms with Gasteiger partial charge in [0, 0.05) is 18.7 Å². The molecule has 3 rings (SSSR count). The lowest BCUT2D eigenvalue weighted by Gasteiger charge is -2.31. The molecule has 1 saturated heterocycles. The Morgan fingerprint density at radius 2 is 1.89 bits per heavy atom. The van der Waals surface area contributed by atoms with Crippen molar-refractivity contribution in [3.63, 3.8) is 0 Å². The molecular weight excluding hydrogens is 355 g/mol. The van der Waals surface area contributed by atoms with E-state index in [9.17, 15) is 18.0 Å². The molecule has 1 aromatic heterocycles. The van der Waals surface area contributed by atoms with Gasteiger partial charge in [0.2, 0.25) is 5.91 Å². The topological polar surface area (TPSA) is 45.2 Å². The van der Waals surface area contributed by atoms with E-state index in [1.54, 1.807) is 18.3 Å². The first kappa shape index (κ1) is 19.4. The van der Waals surface area contributed by atoms with Crippen molar-refractivity contribution >= 4 is 11.7 Å². The molecule has 1 aromatic carbocycles. The molecule has 7 heteroatoms. The minimum atomic E-state index is -4.35. The van der Waals surface area contributed by atoms with E-state index >= 15 is 0 Å². The molecule has 0 spiro atoms. The fourth-order valence-electron chi connectivity index (χ4n) is 3.30. The van der Waals surface area contributed by atoms with Gasteiger partial charge >= 0.3 is 6.18 Å². The highest BCUT2D eigenvalue weighted by Crippen LogP contribution is 2.33. The van der Waals surface area contributed by atoms with Crippen molar-refractivity contribution in [1.29, 1.82) is 0 Å². The Hall–Kier alpha value is -2.41. The number of anilines is 1. The number of likely N-dealkylation sites (tertiary alicyclic amines) is 1. The van der Waals surface area contributed by atoms with E-state index in [-0.39, 0.29) is 23.9 Å². The minimum absolute atomic E-state index is 0.0818. The quantitative estimate of drug-likeness (QED) is 0.866. The molecule has 1 amide bonds. The van der Waals surface area contributed by atoms with E-state index in [4.69, 9.17) is 0 Å². The van der Waals surface area contributed by atoms with Gasteiger partial charge in [0.1, 0.15) is 5.82 Å². The molecule has 0 unspecified atom stereocenters. The predicted molar refractivity (Wildman–Crippen MR) is 97.0 cm³/mol. The van der Waals surface area contributed by atoms with Crippen molar-refractivity contribution in [1.82, 2.24) is 9.88 Å². The van der Waals surface area contributed by atoms with Gasteiger partial charge in [-0.05, 0) is 56.1 Å². The lowest BCUT2D eigenvalue weighted by molar-refractivity contribution is -0.138. The molecule has 1 fully saturated rings. The van der Waals surface area contributed by atoms with Gasteiger partial charge in [0.15, 0.2) is 0 Å². The minimum Gasteiger partial charge on any atom is -0.310 e. The number of hydrogen-bond donors (Lipinski definition) is 1. The zero-order valence-corrected chi connectivity index (χ0v) is 15.1. The summed E-state index contributed by atoms with van der Waals surface area (Å²) >= 11 is 0. The van der Waals surface area contributed by atoms with E-state index in [1.807, 2.05) is 17.9 Å². The second kappa shape index (κ2) is 8.08. The number of nitrogens with zero attached hydrogens (tertiary/aromatic N) is 2. The molecule has 0 saturated carbocycles. The van der Waals surface area contributed by atoms with Gasteiger partial charge in [-0.3, -0.25) is 9.69 Å². The Morgan fingerprint density at radius 3 is 2.52 bits per heavy atom. The smallest absolute Gasteiger partial charge is 0.310 e. The summed E-state index contributed by atoms with van der Waals surface area (Å²) in [5.41, 5.74) is 0.701. The largest absolute Gasteiger partial charge is 0.416 e. The maximum absolute atomic E-state index is 13.1. The van der Waals surface area contributed by atoms with Crippen LogP contribution < -0.4 is 5.32 Å².